The molecule has 3 N–H and O–H groups in total. The molecule has 3 aromatic carbocycles. The average Bonchev–Trinajstić information content (AvgIpc) is 2.68. The van der Waals surface area contributed by atoms with Crippen LogP contribution >= 0.6 is 23.2 Å². The summed E-state index contributed by atoms with van der Waals surface area (Å²) in [5.74, 6) is -0.719. The summed E-state index contributed by atoms with van der Waals surface area (Å²) in [6.45, 7) is 0.290. The van der Waals surface area contributed by atoms with Crippen LogP contribution in [0.25, 0.3) is 11.1 Å². The van der Waals surface area contributed by atoms with Gasteiger partial charge in [-0.25, -0.2) is 0 Å². The Morgan fingerprint density at radius 1 is 1.00 bits per heavy atom. The summed E-state index contributed by atoms with van der Waals surface area (Å²) in [4.78, 5) is 10.9. The number of carboxylic acid groups (broad SMARTS) is 1. The first-order chi connectivity index (χ1) is 13.5. The van der Waals surface area contributed by atoms with Crippen molar-refractivity contribution in [3.8, 4) is 16.9 Å². The molecule has 0 saturated heterocycles. The van der Waals surface area contributed by atoms with E-state index in [4.69, 9.17) is 38.8 Å². The van der Waals surface area contributed by atoms with Crippen molar-refractivity contribution in [3.05, 3.63) is 87.9 Å². The largest absolute Gasteiger partial charge is 0.486 e. The lowest BCUT2D eigenvalue weighted by Gasteiger charge is -2.15. The van der Waals surface area contributed by atoms with Gasteiger partial charge >= 0.3 is 5.97 Å². The third-order valence-electron chi connectivity index (χ3n) is 4.31. The third-order valence-corrected chi connectivity index (χ3v) is 4.87. The van der Waals surface area contributed by atoms with Crippen LogP contribution in [-0.4, -0.2) is 17.1 Å². The molecule has 0 aliphatic carbocycles. The number of ether oxygens (including phenoxy) is 1. The molecule has 144 valence electrons. The molecule has 4 nitrogen and oxygen atoms in total. The predicted octanol–water partition coefficient (Wildman–Crippen LogP) is 5.19. The van der Waals surface area contributed by atoms with Crippen molar-refractivity contribution in [1.82, 2.24) is 0 Å². The summed E-state index contributed by atoms with van der Waals surface area (Å²) in [5, 5.41) is 9.58. The molecule has 0 spiro atoms. The fourth-order valence-corrected chi connectivity index (χ4v) is 3.55. The molecule has 0 amide bonds. The highest BCUT2D eigenvalue weighted by Crippen LogP contribution is 2.36. The Hall–Kier alpha value is -2.53. The molecule has 0 aromatic heterocycles. The molecule has 0 aliphatic heterocycles. The van der Waals surface area contributed by atoms with Crippen molar-refractivity contribution in [2.45, 2.75) is 19.1 Å². The van der Waals surface area contributed by atoms with Crippen LogP contribution < -0.4 is 10.5 Å². The molecule has 0 aliphatic rings. The van der Waals surface area contributed by atoms with Gasteiger partial charge in [-0.15, -0.1) is 0 Å². The summed E-state index contributed by atoms with van der Waals surface area (Å²) in [6, 6.07) is 20.2. The topological polar surface area (TPSA) is 72.5 Å². The first-order valence-corrected chi connectivity index (χ1v) is 9.43. The molecule has 0 heterocycles. The third kappa shape index (κ3) is 4.84. The Morgan fingerprint density at radius 2 is 1.61 bits per heavy atom. The molecular weight excluding hydrogens is 397 g/mol. The normalized spacial score (nSPS) is 11.8. The summed E-state index contributed by atoms with van der Waals surface area (Å²) in [7, 11) is 0. The number of rotatable bonds is 7. The van der Waals surface area contributed by atoms with Crippen LogP contribution in [0.5, 0.6) is 5.75 Å². The minimum atomic E-state index is -1.08. The van der Waals surface area contributed by atoms with E-state index < -0.39 is 12.0 Å². The van der Waals surface area contributed by atoms with E-state index in [1.165, 1.54) is 0 Å². The van der Waals surface area contributed by atoms with Crippen molar-refractivity contribution < 1.29 is 14.6 Å². The Kier molecular flexibility index (Phi) is 6.57. The van der Waals surface area contributed by atoms with Gasteiger partial charge < -0.3 is 15.6 Å². The molecular formula is C22H19Cl2NO3. The Morgan fingerprint density at radius 3 is 2.25 bits per heavy atom. The second kappa shape index (κ2) is 9.11. The van der Waals surface area contributed by atoms with Gasteiger partial charge in [0.15, 0.2) is 5.75 Å². The standard InChI is InChI=1S/C22H19Cl2NO3/c23-18-10-14(12-20(25)22(26)27)11-19(24)21(18)28-13-16-8-4-5-9-17(16)15-6-2-1-3-7-15/h1-11,20H,12-13,25H2,(H,26,27). The number of benzene rings is 3. The van der Waals surface area contributed by atoms with Crippen LogP contribution in [0.3, 0.4) is 0 Å². The SMILES string of the molecule is NC(Cc1cc(Cl)c(OCc2ccccc2-c2ccccc2)c(Cl)c1)C(=O)O. The van der Waals surface area contributed by atoms with Crippen molar-refractivity contribution >= 4 is 29.2 Å². The quantitative estimate of drug-likeness (QED) is 0.556. The Bertz CT molecular complexity index is 954. The lowest BCUT2D eigenvalue weighted by Crippen LogP contribution is -2.32. The maximum Gasteiger partial charge on any atom is 0.320 e. The zero-order valence-corrected chi connectivity index (χ0v) is 16.5. The maximum absolute atomic E-state index is 10.9. The number of hydrogen-bond donors (Lipinski definition) is 2. The van der Waals surface area contributed by atoms with Crippen LogP contribution in [0.4, 0.5) is 0 Å². The number of halogens is 2. The van der Waals surface area contributed by atoms with E-state index in [1.807, 2.05) is 54.6 Å². The molecule has 0 radical (unpaired) electrons. The van der Waals surface area contributed by atoms with Crippen molar-refractivity contribution in [3.63, 3.8) is 0 Å². The maximum atomic E-state index is 10.9. The minimum Gasteiger partial charge on any atom is -0.486 e. The number of hydrogen-bond acceptors (Lipinski definition) is 3. The molecule has 0 fully saturated rings. The van der Waals surface area contributed by atoms with Crippen molar-refractivity contribution in [2.75, 3.05) is 0 Å². The zero-order valence-electron chi connectivity index (χ0n) is 14.9. The lowest BCUT2D eigenvalue weighted by molar-refractivity contribution is -0.138. The van der Waals surface area contributed by atoms with E-state index in [9.17, 15) is 4.79 Å². The highest BCUT2D eigenvalue weighted by Gasteiger charge is 2.16. The fraction of sp³-hybridized carbons (Fsp3) is 0.136. The minimum absolute atomic E-state index is 0.131. The highest BCUT2D eigenvalue weighted by atomic mass is 35.5. The van der Waals surface area contributed by atoms with Gasteiger partial charge in [-0.3, -0.25) is 4.79 Å². The van der Waals surface area contributed by atoms with Gasteiger partial charge in [-0.1, -0.05) is 77.8 Å². The van der Waals surface area contributed by atoms with Gasteiger partial charge in [0.25, 0.3) is 0 Å². The number of carboxylic acids is 1. The molecule has 1 unspecified atom stereocenters. The first kappa shape index (κ1) is 20.2. The predicted molar refractivity (Wildman–Crippen MR) is 112 cm³/mol. The summed E-state index contributed by atoms with van der Waals surface area (Å²) < 4.78 is 5.91. The average molecular weight is 416 g/mol. The van der Waals surface area contributed by atoms with Crippen LogP contribution in [0.15, 0.2) is 66.7 Å². The second-order valence-electron chi connectivity index (χ2n) is 6.35. The van der Waals surface area contributed by atoms with Gasteiger partial charge in [0.2, 0.25) is 0 Å². The fourth-order valence-electron chi connectivity index (χ4n) is 2.90. The van der Waals surface area contributed by atoms with Gasteiger partial charge in [-0.05, 0) is 40.8 Å². The van der Waals surface area contributed by atoms with E-state index >= 15 is 0 Å². The second-order valence-corrected chi connectivity index (χ2v) is 7.16. The van der Waals surface area contributed by atoms with E-state index in [-0.39, 0.29) is 6.42 Å². The van der Waals surface area contributed by atoms with Crippen LogP contribution in [0, 0.1) is 0 Å². The van der Waals surface area contributed by atoms with E-state index in [0.717, 1.165) is 16.7 Å². The van der Waals surface area contributed by atoms with Gasteiger partial charge in [0.1, 0.15) is 12.6 Å². The van der Waals surface area contributed by atoms with Crippen LogP contribution in [0.2, 0.25) is 10.0 Å². The van der Waals surface area contributed by atoms with Gasteiger partial charge in [-0.2, -0.15) is 0 Å². The first-order valence-electron chi connectivity index (χ1n) is 8.68. The lowest BCUT2D eigenvalue weighted by atomic mass is 10.0. The zero-order chi connectivity index (χ0) is 20.1. The monoisotopic (exact) mass is 415 g/mol. The molecule has 1 atom stereocenters. The molecule has 3 rings (SSSR count). The highest BCUT2D eigenvalue weighted by molar-refractivity contribution is 6.37. The van der Waals surface area contributed by atoms with Crippen molar-refractivity contribution in [1.29, 1.82) is 0 Å². The number of aliphatic carboxylic acids is 1. The molecule has 0 bridgehead atoms. The Balaban J connectivity index is 1.80. The van der Waals surface area contributed by atoms with E-state index in [1.54, 1.807) is 12.1 Å². The summed E-state index contributed by atoms with van der Waals surface area (Å²) >= 11 is 12.6. The summed E-state index contributed by atoms with van der Waals surface area (Å²) in [6.07, 6.45) is 0.131. The number of nitrogens with two attached hydrogens (primary N) is 1. The molecule has 28 heavy (non-hydrogen) atoms. The van der Waals surface area contributed by atoms with Gasteiger partial charge in [0.05, 0.1) is 10.0 Å². The molecule has 0 saturated carbocycles. The molecule has 3 aromatic rings. The smallest absolute Gasteiger partial charge is 0.320 e. The Labute approximate surface area is 173 Å². The van der Waals surface area contributed by atoms with E-state index in [2.05, 4.69) is 0 Å². The van der Waals surface area contributed by atoms with Gasteiger partial charge in [0, 0.05) is 0 Å². The summed E-state index contributed by atoms with van der Waals surface area (Å²) in [5.41, 5.74) is 9.38. The number of carbonyl (C=O) groups is 1. The van der Waals surface area contributed by atoms with Crippen LogP contribution in [0.1, 0.15) is 11.1 Å². The molecule has 6 heteroatoms. The van der Waals surface area contributed by atoms with Crippen molar-refractivity contribution in [2.24, 2.45) is 5.73 Å². The van der Waals surface area contributed by atoms with E-state index in [0.29, 0.717) is 28.0 Å². The van der Waals surface area contributed by atoms with Crippen LogP contribution in [-0.2, 0) is 17.8 Å².